The molecule has 0 atom stereocenters. The first-order valence-electron chi connectivity index (χ1n) is 6.79. The van der Waals surface area contributed by atoms with E-state index in [1.54, 1.807) is 30.3 Å². The van der Waals surface area contributed by atoms with E-state index in [0.29, 0.717) is 22.5 Å². The molecule has 1 aromatic rings. The summed E-state index contributed by atoms with van der Waals surface area (Å²) in [6.07, 6.45) is 1.60. The summed E-state index contributed by atoms with van der Waals surface area (Å²) < 4.78 is 10.3. The summed E-state index contributed by atoms with van der Waals surface area (Å²) in [6, 6.07) is 8.89. The standard InChI is InChI=1S/C17H13NO4/c1-17(2)9-21-15(19)12(8-18)13(17)7-14-10-5-3-4-6-11(10)16(20)22-14/h3-7H,9H2,1-2H3/b14-7+. The lowest BCUT2D eigenvalue weighted by atomic mass is 9.80. The lowest BCUT2D eigenvalue weighted by Gasteiger charge is -2.30. The Morgan fingerprint density at radius 3 is 2.55 bits per heavy atom. The highest BCUT2D eigenvalue weighted by Gasteiger charge is 2.36. The summed E-state index contributed by atoms with van der Waals surface area (Å²) in [5.74, 6) is -0.727. The fourth-order valence-electron chi connectivity index (χ4n) is 2.54. The van der Waals surface area contributed by atoms with E-state index in [9.17, 15) is 14.9 Å². The highest BCUT2D eigenvalue weighted by Crippen LogP contribution is 2.38. The molecular formula is C17H13NO4. The van der Waals surface area contributed by atoms with Crippen molar-refractivity contribution >= 4 is 17.7 Å². The van der Waals surface area contributed by atoms with E-state index in [0.717, 1.165) is 0 Å². The van der Waals surface area contributed by atoms with Gasteiger partial charge in [0.05, 0.1) is 5.56 Å². The summed E-state index contributed by atoms with van der Waals surface area (Å²) in [7, 11) is 0. The van der Waals surface area contributed by atoms with E-state index in [1.165, 1.54) is 0 Å². The first-order chi connectivity index (χ1) is 10.4. The van der Waals surface area contributed by atoms with Crippen LogP contribution >= 0.6 is 0 Å². The normalized spacial score (nSPS) is 21.2. The summed E-state index contributed by atoms with van der Waals surface area (Å²) >= 11 is 0. The van der Waals surface area contributed by atoms with Crippen LogP contribution in [0.3, 0.4) is 0 Å². The molecule has 1 aromatic carbocycles. The molecule has 0 saturated carbocycles. The van der Waals surface area contributed by atoms with Crippen molar-refractivity contribution in [1.82, 2.24) is 0 Å². The molecule has 0 aliphatic carbocycles. The number of fused-ring (bicyclic) bond motifs is 1. The quantitative estimate of drug-likeness (QED) is 0.744. The van der Waals surface area contributed by atoms with Crippen LogP contribution in [0.5, 0.6) is 0 Å². The molecule has 0 radical (unpaired) electrons. The van der Waals surface area contributed by atoms with E-state index in [-0.39, 0.29) is 12.2 Å². The van der Waals surface area contributed by atoms with Gasteiger partial charge in [-0.25, -0.2) is 9.59 Å². The number of cyclic esters (lactones) is 2. The summed E-state index contributed by atoms with van der Waals surface area (Å²) in [5, 5.41) is 9.24. The smallest absolute Gasteiger partial charge is 0.349 e. The van der Waals surface area contributed by atoms with Gasteiger partial charge in [-0.1, -0.05) is 32.0 Å². The number of hydrogen-bond acceptors (Lipinski definition) is 5. The highest BCUT2D eigenvalue weighted by atomic mass is 16.5. The van der Waals surface area contributed by atoms with Gasteiger partial charge in [0.1, 0.15) is 24.0 Å². The average Bonchev–Trinajstić information content (AvgIpc) is 2.81. The Morgan fingerprint density at radius 1 is 1.18 bits per heavy atom. The van der Waals surface area contributed by atoms with Gasteiger partial charge in [-0.05, 0) is 17.7 Å². The molecule has 22 heavy (non-hydrogen) atoms. The third-order valence-electron chi connectivity index (χ3n) is 3.77. The maximum atomic E-state index is 11.9. The summed E-state index contributed by atoms with van der Waals surface area (Å²) in [4.78, 5) is 23.6. The molecule has 3 rings (SSSR count). The van der Waals surface area contributed by atoms with Gasteiger partial charge < -0.3 is 9.47 Å². The van der Waals surface area contributed by atoms with Gasteiger partial charge in [-0.3, -0.25) is 0 Å². The minimum atomic E-state index is -0.647. The first kappa shape index (κ1) is 14.1. The van der Waals surface area contributed by atoms with Crippen LogP contribution in [-0.2, 0) is 14.3 Å². The van der Waals surface area contributed by atoms with E-state index >= 15 is 0 Å². The van der Waals surface area contributed by atoms with Crippen LogP contribution in [0, 0.1) is 16.7 Å². The largest absolute Gasteiger partial charge is 0.461 e. The molecule has 5 heteroatoms. The lowest BCUT2D eigenvalue weighted by molar-refractivity contribution is -0.142. The molecule has 2 heterocycles. The second-order valence-electron chi connectivity index (χ2n) is 5.80. The van der Waals surface area contributed by atoms with Crippen LogP contribution in [-0.4, -0.2) is 18.5 Å². The fraction of sp³-hybridized carbons (Fsp3) is 0.235. The molecular weight excluding hydrogens is 282 g/mol. The number of carbonyl (C=O) groups excluding carboxylic acids is 2. The van der Waals surface area contributed by atoms with Crippen LogP contribution in [0.15, 0.2) is 41.5 Å². The summed E-state index contributed by atoms with van der Waals surface area (Å²) in [5.41, 5.74) is 1.07. The van der Waals surface area contributed by atoms with Gasteiger partial charge in [-0.2, -0.15) is 5.26 Å². The fourth-order valence-corrected chi connectivity index (χ4v) is 2.54. The van der Waals surface area contributed by atoms with E-state index < -0.39 is 17.4 Å². The maximum absolute atomic E-state index is 11.9. The number of benzene rings is 1. The molecule has 0 fully saturated rings. The predicted molar refractivity (Wildman–Crippen MR) is 77.2 cm³/mol. The number of nitriles is 1. The average molecular weight is 295 g/mol. The van der Waals surface area contributed by atoms with Crippen molar-refractivity contribution in [3.8, 4) is 6.07 Å². The Balaban J connectivity index is 2.18. The SMILES string of the molecule is CC1(C)COC(=O)C(C#N)=C1/C=C1/OC(=O)c2ccccc21. The number of allylic oxidation sites excluding steroid dienone is 1. The van der Waals surface area contributed by atoms with E-state index in [1.807, 2.05) is 19.9 Å². The van der Waals surface area contributed by atoms with Crippen molar-refractivity contribution < 1.29 is 19.1 Å². The first-order valence-corrected chi connectivity index (χ1v) is 6.79. The zero-order valence-corrected chi connectivity index (χ0v) is 12.2. The second kappa shape index (κ2) is 4.85. The van der Waals surface area contributed by atoms with E-state index in [4.69, 9.17) is 9.47 Å². The molecule has 0 bridgehead atoms. The Bertz CT molecular complexity index is 793. The number of esters is 2. The second-order valence-corrected chi connectivity index (χ2v) is 5.80. The molecule has 0 amide bonds. The van der Waals surface area contributed by atoms with Crippen LogP contribution < -0.4 is 0 Å². The minimum Gasteiger partial charge on any atom is -0.461 e. The Labute approximate surface area is 127 Å². The maximum Gasteiger partial charge on any atom is 0.349 e. The van der Waals surface area contributed by atoms with Crippen molar-refractivity contribution in [3.63, 3.8) is 0 Å². The van der Waals surface area contributed by atoms with Gasteiger partial charge in [0, 0.05) is 11.0 Å². The number of nitrogens with zero attached hydrogens (tertiary/aromatic N) is 1. The monoisotopic (exact) mass is 295 g/mol. The number of hydrogen-bond donors (Lipinski definition) is 0. The highest BCUT2D eigenvalue weighted by molar-refractivity contribution is 6.03. The summed E-state index contributed by atoms with van der Waals surface area (Å²) in [6.45, 7) is 3.91. The Hall–Kier alpha value is -2.87. The molecule has 0 aromatic heterocycles. The predicted octanol–water partition coefficient (Wildman–Crippen LogP) is 2.60. The molecule has 0 N–H and O–H groups in total. The number of ether oxygens (including phenoxy) is 2. The number of rotatable bonds is 1. The Kier molecular flexibility index (Phi) is 3.10. The molecule has 0 saturated heterocycles. The number of carbonyl (C=O) groups is 2. The van der Waals surface area contributed by atoms with Gasteiger partial charge in [0.15, 0.2) is 0 Å². The van der Waals surface area contributed by atoms with Crippen molar-refractivity contribution in [2.75, 3.05) is 6.61 Å². The van der Waals surface area contributed by atoms with Gasteiger partial charge >= 0.3 is 11.9 Å². The lowest BCUT2D eigenvalue weighted by Crippen LogP contribution is -2.31. The molecule has 110 valence electrons. The molecule has 2 aliphatic rings. The van der Waals surface area contributed by atoms with Gasteiger partial charge in [0.2, 0.25) is 0 Å². The zero-order valence-electron chi connectivity index (χ0n) is 12.2. The van der Waals surface area contributed by atoms with Crippen LogP contribution in [0.4, 0.5) is 0 Å². The van der Waals surface area contributed by atoms with E-state index in [2.05, 4.69) is 0 Å². The van der Waals surface area contributed by atoms with Crippen molar-refractivity contribution in [2.24, 2.45) is 5.41 Å². The molecule has 0 unspecified atom stereocenters. The zero-order chi connectivity index (χ0) is 15.9. The topological polar surface area (TPSA) is 76.4 Å². The van der Waals surface area contributed by atoms with Gasteiger partial charge in [0.25, 0.3) is 0 Å². The van der Waals surface area contributed by atoms with Crippen molar-refractivity contribution in [3.05, 3.63) is 52.6 Å². The van der Waals surface area contributed by atoms with Crippen molar-refractivity contribution in [1.29, 1.82) is 5.26 Å². The van der Waals surface area contributed by atoms with Crippen LogP contribution in [0.2, 0.25) is 0 Å². The van der Waals surface area contributed by atoms with Crippen LogP contribution in [0.1, 0.15) is 29.8 Å². The third-order valence-corrected chi connectivity index (χ3v) is 3.77. The minimum absolute atomic E-state index is 0.0517. The van der Waals surface area contributed by atoms with Gasteiger partial charge in [-0.15, -0.1) is 0 Å². The molecule has 5 nitrogen and oxygen atoms in total. The van der Waals surface area contributed by atoms with Crippen LogP contribution in [0.25, 0.3) is 5.76 Å². The van der Waals surface area contributed by atoms with Crippen molar-refractivity contribution in [2.45, 2.75) is 13.8 Å². The Morgan fingerprint density at radius 2 is 1.86 bits per heavy atom. The third kappa shape index (κ3) is 2.09. The molecule has 2 aliphatic heterocycles. The molecule has 0 spiro atoms.